The maximum atomic E-state index is 12.3. The first-order chi connectivity index (χ1) is 14.2. The van der Waals surface area contributed by atoms with E-state index in [1.165, 1.54) is 7.11 Å². The van der Waals surface area contributed by atoms with Gasteiger partial charge >= 0.3 is 0 Å². The van der Waals surface area contributed by atoms with Crippen LogP contribution in [-0.2, 0) is 21.2 Å². The number of anilines is 1. The molecule has 30 heavy (non-hydrogen) atoms. The third-order valence-electron chi connectivity index (χ3n) is 4.28. The highest BCUT2D eigenvalue weighted by atomic mass is 32.2. The van der Waals surface area contributed by atoms with Gasteiger partial charge in [0.25, 0.3) is 0 Å². The van der Waals surface area contributed by atoms with Crippen molar-refractivity contribution >= 4 is 21.6 Å². The Morgan fingerprint density at radius 2 is 1.80 bits per heavy atom. The van der Waals surface area contributed by atoms with Crippen LogP contribution in [0.15, 0.2) is 48.5 Å². The lowest BCUT2D eigenvalue weighted by molar-refractivity contribution is -0.119. The largest absolute Gasteiger partial charge is 0.497 e. The monoisotopic (exact) mass is 434 g/mol. The summed E-state index contributed by atoms with van der Waals surface area (Å²) in [5.74, 6) is 1.09. The molecule has 0 heterocycles. The van der Waals surface area contributed by atoms with Crippen molar-refractivity contribution in [1.29, 1.82) is 0 Å². The molecule has 1 N–H and O–H groups in total. The molecule has 2 aromatic rings. The van der Waals surface area contributed by atoms with Crippen molar-refractivity contribution in [3.05, 3.63) is 54.1 Å². The smallest absolute Gasteiger partial charge is 0.240 e. The van der Waals surface area contributed by atoms with Crippen LogP contribution >= 0.6 is 0 Å². The summed E-state index contributed by atoms with van der Waals surface area (Å²) in [6.07, 6.45) is 2.71. The summed E-state index contributed by atoms with van der Waals surface area (Å²) in [5, 5.41) is 2.79. The van der Waals surface area contributed by atoms with Gasteiger partial charge in [0.05, 0.1) is 25.2 Å². The van der Waals surface area contributed by atoms with Crippen LogP contribution in [0.25, 0.3) is 0 Å². The lowest BCUT2D eigenvalue weighted by Gasteiger charge is -2.22. The normalized spacial score (nSPS) is 11.2. The first kappa shape index (κ1) is 23.5. The summed E-state index contributed by atoms with van der Waals surface area (Å²) in [5.41, 5.74) is 1.54. The van der Waals surface area contributed by atoms with Gasteiger partial charge in [-0.05, 0) is 68.7 Å². The molecule has 1 amide bonds. The average Bonchev–Trinajstić information content (AvgIpc) is 2.68. The Kier molecular flexibility index (Phi) is 8.53. The predicted molar refractivity (Wildman–Crippen MR) is 119 cm³/mol. The summed E-state index contributed by atoms with van der Waals surface area (Å²) < 4.78 is 36.2. The van der Waals surface area contributed by atoms with E-state index in [4.69, 9.17) is 9.47 Å². The van der Waals surface area contributed by atoms with Gasteiger partial charge in [-0.25, -0.2) is 8.42 Å². The van der Waals surface area contributed by atoms with Gasteiger partial charge in [-0.15, -0.1) is 0 Å². The third kappa shape index (κ3) is 7.59. The molecule has 0 bridgehead atoms. The van der Waals surface area contributed by atoms with Gasteiger partial charge in [0.15, 0.2) is 0 Å². The topological polar surface area (TPSA) is 84.9 Å². The van der Waals surface area contributed by atoms with Gasteiger partial charge in [-0.1, -0.05) is 12.1 Å². The number of rotatable bonds is 11. The Hall–Kier alpha value is -2.74. The fourth-order valence-electron chi connectivity index (χ4n) is 2.90. The van der Waals surface area contributed by atoms with E-state index >= 15 is 0 Å². The fraction of sp³-hybridized carbons (Fsp3) is 0.409. The average molecular weight is 435 g/mol. The quantitative estimate of drug-likeness (QED) is 0.550. The van der Waals surface area contributed by atoms with E-state index in [2.05, 4.69) is 5.32 Å². The molecule has 0 saturated heterocycles. The third-order valence-corrected chi connectivity index (χ3v) is 5.42. The fourth-order valence-corrected chi connectivity index (χ4v) is 3.76. The predicted octanol–water partition coefficient (Wildman–Crippen LogP) is 3.00. The van der Waals surface area contributed by atoms with Crippen LogP contribution in [0.4, 0.5) is 5.69 Å². The first-order valence-electron chi connectivity index (χ1n) is 9.83. The lowest BCUT2D eigenvalue weighted by Crippen LogP contribution is -2.40. The van der Waals surface area contributed by atoms with E-state index in [0.717, 1.165) is 34.7 Å². The van der Waals surface area contributed by atoms with Crippen molar-refractivity contribution in [2.45, 2.75) is 32.8 Å². The van der Waals surface area contributed by atoms with Gasteiger partial charge in [-0.3, -0.25) is 9.10 Å². The number of aryl methyl sites for hydroxylation is 1. The molecule has 0 spiro atoms. The number of nitrogens with one attached hydrogen (secondary N) is 1. The standard InChI is InChI=1S/C22H30N2O5S/c1-17(2)29-21-9-5-7-18(15-21)8-6-14-23-22(25)16-24(30(4,26)27)19-10-12-20(28-3)13-11-19/h5,7,9-13,15,17H,6,8,14,16H2,1-4H3,(H,23,25). The summed E-state index contributed by atoms with van der Waals surface area (Å²) in [4.78, 5) is 12.3. The zero-order valence-electron chi connectivity index (χ0n) is 17.9. The highest BCUT2D eigenvalue weighted by molar-refractivity contribution is 7.92. The highest BCUT2D eigenvalue weighted by Gasteiger charge is 2.20. The molecule has 2 rings (SSSR count). The second-order valence-corrected chi connectivity index (χ2v) is 9.14. The number of carbonyl (C=O) groups excluding carboxylic acids is 1. The number of hydrogen-bond donors (Lipinski definition) is 1. The molecule has 0 aliphatic rings. The molecular weight excluding hydrogens is 404 g/mol. The summed E-state index contributed by atoms with van der Waals surface area (Å²) in [6.45, 7) is 4.14. The Bertz CT molecular complexity index is 927. The summed E-state index contributed by atoms with van der Waals surface area (Å²) in [7, 11) is -2.07. The van der Waals surface area contributed by atoms with Gasteiger partial charge in [0, 0.05) is 6.54 Å². The number of nitrogens with zero attached hydrogens (tertiary/aromatic N) is 1. The van der Waals surface area contributed by atoms with Gasteiger partial charge < -0.3 is 14.8 Å². The molecule has 0 radical (unpaired) electrons. The number of amides is 1. The molecule has 0 aliphatic heterocycles. The second kappa shape index (κ2) is 10.9. The SMILES string of the molecule is COc1ccc(N(CC(=O)NCCCc2cccc(OC(C)C)c2)S(C)(=O)=O)cc1. The Morgan fingerprint density at radius 1 is 1.10 bits per heavy atom. The first-order valence-corrected chi connectivity index (χ1v) is 11.7. The molecule has 0 aromatic heterocycles. The summed E-state index contributed by atoms with van der Waals surface area (Å²) in [6, 6.07) is 14.4. The van der Waals surface area contributed by atoms with Gasteiger partial charge in [0.1, 0.15) is 18.0 Å². The lowest BCUT2D eigenvalue weighted by atomic mass is 10.1. The minimum Gasteiger partial charge on any atom is -0.497 e. The van der Waals surface area contributed by atoms with E-state index in [1.807, 2.05) is 38.1 Å². The number of benzene rings is 2. The van der Waals surface area contributed by atoms with Crippen LogP contribution in [-0.4, -0.2) is 46.9 Å². The van der Waals surface area contributed by atoms with E-state index in [9.17, 15) is 13.2 Å². The Labute approximate surface area is 179 Å². The van der Waals surface area contributed by atoms with Gasteiger partial charge in [0.2, 0.25) is 15.9 Å². The zero-order chi connectivity index (χ0) is 22.1. The van der Waals surface area contributed by atoms with Crippen LogP contribution in [0.2, 0.25) is 0 Å². The van der Waals surface area contributed by atoms with E-state index in [0.29, 0.717) is 18.0 Å². The van der Waals surface area contributed by atoms with Crippen LogP contribution in [0.1, 0.15) is 25.8 Å². The molecule has 0 fully saturated rings. The number of ether oxygens (including phenoxy) is 2. The van der Waals surface area contributed by atoms with E-state index in [-0.39, 0.29) is 18.6 Å². The number of carbonyl (C=O) groups is 1. The molecule has 0 unspecified atom stereocenters. The molecule has 2 aromatic carbocycles. The highest BCUT2D eigenvalue weighted by Crippen LogP contribution is 2.21. The molecule has 0 saturated carbocycles. The van der Waals surface area contributed by atoms with Crippen LogP contribution in [0, 0.1) is 0 Å². The van der Waals surface area contributed by atoms with Crippen LogP contribution < -0.4 is 19.1 Å². The minimum absolute atomic E-state index is 0.114. The molecule has 7 nitrogen and oxygen atoms in total. The Morgan fingerprint density at radius 3 is 2.40 bits per heavy atom. The number of methoxy groups -OCH3 is 1. The van der Waals surface area contributed by atoms with Crippen LogP contribution in [0.5, 0.6) is 11.5 Å². The molecule has 8 heteroatoms. The van der Waals surface area contributed by atoms with Crippen molar-refractivity contribution in [1.82, 2.24) is 5.32 Å². The maximum Gasteiger partial charge on any atom is 0.240 e. The Balaban J connectivity index is 1.87. The van der Waals surface area contributed by atoms with Gasteiger partial charge in [-0.2, -0.15) is 0 Å². The molecular formula is C22H30N2O5S. The van der Waals surface area contributed by atoms with Crippen molar-refractivity contribution in [3.63, 3.8) is 0 Å². The van der Waals surface area contributed by atoms with Crippen molar-refractivity contribution in [3.8, 4) is 11.5 Å². The zero-order valence-corrected chi connectivity index (χ0v) is 18.7. The maximum absolute atomic E-state index is 12.3. The van der Waals surface area contributed by atoms with Crippen LogP contribution in [0.3, 0.4) is 0 Å². The minimum atomic E-state index is -3.60. The molecule has 0 aliphatic carbocycles. The number of sulfonamides is 1. The number of hydrogen-bond acceptors (Lipinski definition) is 5. The van der Waals surface area contributed by atoms with Crippen molar-refractivity contribution in [2.75, 3.05) is 30.8 Å². The van der Waals surface area contributed by atoms with E-state index in [1.54, 1.807) is 24.3 Å². The van der Waals surface area contributed by atoms with Crippen molar-refractivity contribution < 1.29 is 22.7 Å². The van der Waals surface area contributed by atoms with E-state index < -0.39 is 10.0 Å². The molecule has 164 valence electrons. The molecule has 0 atom stereocenters. The second-order valence-electron chi connectivity index (χ2n) is 7.24. The van der Waals surface area contributed by atoms with Crippen molar-refractivity contribution in [2.24, 2.45) is 0 Å². The summed E-state index contributed by atoms with van der Waals surface area (Å²) >= 11 is 0.